The summed E-state index contributed by atoms with van der Waals surface area (Å²) in [6.07, 6.45) is 1.44. The summed E-state index contributed by atoms with van der Waals surface area (Å²) < 4.78 is 0. The molecular formula is C19H19N5O. The summed E-state index contributed by atoms with van der Waals surface area (Å²) >= 11 is 0. The van der Waals surface area contributed by atoms with E-state index in [9.17, 15) is 4.79 Å². The van der Waals surface area contributed by atoms with E-state index in [4.69, 9.17) is 5.73 Å². The number of nitrogens with one attached hydrogen (secondary N) is 2. The van der Waals surface area contributed by atoms with E-state index in [1.165, 1.54) is 13.3 Å². The van der Waals surface area contributed by atoms with Crippen molar-refractivity contribution in [3.05, 3.63) is 66.0 Å². The van der Waals surface area contributed by atoms with Crippen LogP contribution >= 0.6 is 0 Å². The number of nitrogen functional groups attached to an aromatic ring is 1. The zero-order valence-electron chi connectivity index (χ0n) is 14.1. The summed E-state index contributed by atoms with van der Waals surface area (Å²) in [7, 11) is 0. The molecular weight excluding hydrogens is 314 g/mol. The number of rotatable bonds is 5. The van der Waals surface area contributed by atoms with Crippen LogP contribution in [0, 0.1) is 6.92 Å². The quantitative estimate of drug-likeness (QED) is 0.610. The number of Topliss-reactive ketones (excluding diaryl/α,β-unsaturated/α-hetero) is 1. The van der Waals surface area contributed by atoms with Crippen LogP contribution in [-0.4, -0.2) is 15.8 Å². The molecule has 0 aliphatic heterocycles. The van der Waals surface area contributed by atoms with Crippen LogP contribution < -0.4 is 16.4 Å². The lowest BCUT2D eigenvalue weighted by molar-refractivity contribution is 0.101. The highest BCUT2D eigenvalue weighted by Crippen LogP contribution is 2.28. The first kappa shape index (κ1) is 16.4. The molecule has 25 heavy (non-hydrogen) atoms. The van der Waals surface area contributed by atoms with E-state index < -0.39 is 0 Å². The summed E-state index contributed by atoms with van der Waals surface area (Å²) in [6, 6.07) is 15.1. The highest BCUT2D eigenvalue weighted by atomic mass is 16.1. The fourth-order valence-electron chi connectivity index (χ4n) is 2.41. The third-order valence-electron chi connectivity index (χ3n) is 3.70. The van der Waals surface area contributed by atoms with Crippen LogP contribution in [0.5, 0.6) is 0 Å². The van der Waals surface area contributed by atoms with Crippen LogP contribution in [0.25, 0.3) is 0 Å². The fourth-order valence-corrected chi connectivity index (χ4v) is 2.41. The van der Waals surface area contributed by atoms with Crippen molar-refractivity contribution in [2.45, 2.75) is 13.8 Å². The summed E-state index contributed by atoms with van der Waals surface area (Å²) in [5.74, 6) is 0.998. The Balaban J connectivity index is 1.86. The molecule has 6 heteroatoms. The van der Waals surface area contributed by atoms with Gasteiger partial charge in [0.1, 0.15) is 12.0 Å². The number of nitrogens with two attached hydrogens (primary N) is 1. The number of benzene rings is 2. The van der Waals surface area contributed by atoms with Crippen molar-refractivity contribution in [3.63, 3.8) is 0 Å². The van der Waals surface area contributed by atoms with Gasteiger partial charge in [-0.25, -0.2) is 9.97 Å². The van der Waals surface area contributed by atoms with Crippen molar-refractivity contribution < 1.29 is 4.79 Å². The maximum Gasteiger partial charge on any atom is 0.159 e. The minimum absolute atomic E-state index is 0.00103. The molecule has 6 nitrogen and oxygen atoms in total. The molecule has 0 saturated heterocycles. The molecule has 3 rings (SSSR count). The largest absolute Gasteiger partial charge is 0.393 e. The molecule has 0 unspecified atom stereocenters. The van der Waals surface area contributed by atoms with Gasteiger partial charge < -0.3 is 16.4 Å². The molecule has 0 aliphatic carbocycles. The van der Waals surface area contributed by atoms with Gasteiger partial charge in [-0.2, -0.15) is 0 Å². The Morgan fingerprint density at radius 3 is 2.16 bits per heavy atom. The summed E-state index contributed by atoms with van der Waals surface area (Å²) in [5.41, 5.74) is 9.99. The second-order valence-electron chi connectivity index (χ2n) is 5.74. The lowest BCUT2D eigenvalue weighted by atomic mass is 10.1. The number of anilines is 5. The van der Waals surface area contributed by atoms with Gasteiger partial charge in [-0.1, -0.05) is 24.3 Å². The van der Waals surface area contributed by atoms with Crippen LogP contribution in [0.2, 0.25) is 0 Å². The van der Waals surface area contributed by atoms with Gasteiger partial charge >= 0.3 is 0 Å². The molecule has 0 radical (unpaired) electrons. The molecule has 0 aliphatic rings. The monoisotopic (exact) mass is 333 g/mol. The SMILES string of the molecule is CC(=O)c1cccc(Nc2ncnc(Nc3cccc(C)c3)c2N)c1. The second kappa shape index (κ2) is 7.00. The smallest absolute Gasteiger partial charge is 0.159 e. The highest BCUT2D eigenvalue weighted by molar-refractivity contribution is 5.95. The molecule has 1 heterocycles. The first-order valence-corrected chi connectivity index (χ1v) is 7.85. The minimum atomic E-state index is 0.00103. The Bertz CT molecular complexity index is 923. The Morgan fingerprint density at radius 1 is 0.960 bits per heavy atom. The van der Waals surface area contributed by atoms with E-state index in [1.807, 2.05) is 43.3 Å². The van der Waals surface area contributed by atoms with Crippen molar-refractivity contribution in [2.24, 2.45) is 0 Å². The van der Waals surface area contributed by atoms with Gasteiger partial charge in [0.15, 0.2) is 17.4 Å². The van der Waals surface area contributed by atoms with Gasteiger partial charge in [0.2, 0.25) is 0 Å². The van der Waals surface area contributed by atoms with Gasteiger partial charge in [-0.3, -0.25) is 4.79 Å². The molecule has 0 amide bonds. The normalized spacial score (nSPS) is 10.3. The number of aromatic nitrogens is 2. The number of carbonyl (C=O) groups is 1. The molecule has 3 aromatic rings. The molecule has 0 spiro atoms. The zero-order chi connectivity index (χ0) is 17.8. The third kappa shape index (κ3) is 3.92. The minimum Gasteiger partial charge on any atom is -0.393 e. The summed E-state index contributed by atoms with van der Waals surface area (Å²) in [5, 5.41) is 6.34. The molecule has 0 atom stereocenters. The molecule has 4 N–H and O–H groups in total. The standard InChI is InChI=1S/C19H19N5O/c1-12-5-3-7-15(9-12)23-18-17(20)19(22-11-21-18)24-16-8-4-6-14(10-16)13(2)25/h3-11H,20H2,1-2H3,(H2,21,22,23,24). The van der Waals surface area contributed by atoms with Gasteiger partial charge in [0.05, 0.1) is 0 Å². The van der Waals surface area contributed by atoms with Crippen molar-refractivity contribution in [2.75, 3.05) is 16.4 Å². The van der Waals surface area contributed by atoms with Crippen LogP contribution in [-0.2, 0) is 0 Å². The Morgan fingerprint density at radius 2 is 1.56 bits per heavy atom. The third-order valence-corrected chi connectivity index (χ3v) is 3.70. The predicted molar refractivity (Wildman–Crippen MR) is 101 cm³/mol. The van der Waals surface area contributed by atoms with Crippen molar-refractivity contribution in [1.29, 1.82) is 0 Å². The van der Waals surface area contributed by atoms with Crippen LogP contribution in [0.3, 0.4) is 0 Å². The van der Waals surface area contributed by atoms with E-state index in [2.05, 4.69) is 20.6 Å². The number of aryl methyl sites for hydroxylation is 1. The first-order valence-electron chi connectivity index (χ1n) is 7.85. The van der Waals surface area contributed by atoms with Crippen molar-refractivity contribution in [1.82, 2.24) is 9.97 Å². The van der Waals surface area contributed by atoms with Crippen LogP contribution in [0.4, 0.5) is 28.7 Å². The van der Waals surface area contributed by atoms with Gasteiger partial charge in [-0.15, -0.1) is 0 Å². The molecule has 126 valence electrons. The fraction of sp³-hybridized carbons (Fsp3) is 0.105. The molecule has 2 aromatic carbocycles. The Hall–Kier alpha value is -3.41. The van der Waals surface area contributed by atoms with Gasteiger partial charge in [0, 0.05) is 16.9 Å². The van der Waals surface area contributed by atoms with Gasteiger partial charge in [-0.05, 0) is 43.7 Å². The van der Waals surface area contributed by atoms with E-state index in [-0.39, 0.29) is 5.78 Å². The van der Waals surface area contributed by atoms with Crippen molar-refractivity contribution >= 4 is 34.5 Å². The highest BCUT2D eigenvalue weighted by Gasteiger charge is 2.09. The summed E-state index contributed by atoms with van der Waals surface area (Å²) in [6.45, 7) is 3.55. The van der Waals surface area contributed by atoms with E-state index >= 15 is 0 Å². The average molecular weight is 333 g/mol. The number of hydrogen-bond acceptors (Lipinski definition) is 6. The number of carbonyl (C=O) groups excluding carboxylic acids is 1. The predicted octanol–water partition coefficient (Wildman–Crippen LogP) is 4.06. The van der Waals surface area contributed by atoms with Crippen LogP contribution in [0.1, 0.15) is 22.8 Å². The molecule has 1 aromatic heterocycles. The van der Waals surface area contributed by atoms with E-state index in [0.717, 1.165) is 16.9 Å². The number of hydrogen-bond donors (Lipinski definition) is 3. The lowest BCUT2D eigenvalue weighted by Crippen LogP contribution is -2.05. The zero-order valence-corrected chi connectivity index (χ0v) is 14.1. The van der Waals surface area contributed by atoms with Gasteiger partial charge in [0.25, 0.3) is 0 Å². The van der Waals surface area contributed by atoms with E-state index in [1.54, 1.807) is 12.1 Å². The second-order valence-corrected chi connectivity index (χ2v) is 5.74. The Kier molecular flexibility index (Phi) is 4.61. The number of nitrogens with zero attached hydrogens (tertiary/aromatic N) is 2. The maximum absolute atomic E-state index is 11.5. The topological polar surface area (TPSA) is 92.9 Å². The summed E-state index contributed by atoms with van der Waals surface area (Å²) in [4.78, 5) is 19.9. The average Bonchev–Trinajstić information content (AvgIpc) is 2.59. The maximum atomic E-state index is 11.5. The van der Waals surface area contributed by atoms with E-state index in [0.29, 0.717) is 22.9 Å². The molecule has 0 bridgehead atoms. The number of ketones is 1. The van der Waals surface area contributed by atoms with Crippen LogP contribution in [0.15, 0.2) is 54.9 Å². The Labute approximate surface area is 146 Å². The first-order chi connectivity index (χ1) is 12.0. The molecule has 0 saturated carbocycles. The lowest BCUT2D eigenvalue weighted by Gasteiger charge is -2.13. The molecule has 0 fully saturated rings. The van der Waals surface area contributed by atoms with Crippen molar-refractivity contribution in [3.8, 4) is 0 Å².